The Hall–Kier alpha value is -1.40. The molecule has 1 atom stereocenters. The highest BCUT2D eigenvalue weighted by atomic mass is 32.2. The van der Waals surface area contributed by atoms with Crippen molar-refractivity contribution in [2.24, 2.45) is 5.73 Å². The summed E-state index contributed by atoms with van der Waals surface area (Å²) in [4.78, 5) is 12.0. The summed E-state index contributed by atoms with van der Waals surface area (Å²) in [6.07, 6.45) is 1.65. The van der Waals surface area contributed by atoms with Gasteiger partial charge in [0.2, 0.25) is 5.91 Å². The highest BCUT2D eigenvalue weighted by Crippen LogP contribution is 2.15. The molecule has 0 spiro atoms. The molecular formula is C12H18N2O3S. The quantitative estimate of drug-likeness (QED) is 0.859. The third kappa shape index (κ3) is 3.54. The minimum absolute atomic E-state index is 0.214. The van der Waals surface area contributed by atoms with Crippen LogP contribution in [0.3, 0.4) is 0 Å². The zero-order valence-electron chi connectivity index (χ0n) is 10.7. The summed E-state index contributed by atoms with van der Waals surface area (Å²) in [5.74, 6) is -0.294. The lowest BCUT2D eigenvalue weighted by molar-refractivity contribution is -0.120. The van der Waals surface area contributed by atoms with Gasteiger partial charge in [-0.15, -0.1) is 0 Å². The van der Waals surface area contributed by atoms with Gasteiger partial charge < -0.3 is 11.1 Å². The first kappa shape index (κ1) is 14.7. The molecule has 1 rings (SSSR count). The number of carbonyl (C=O) groups excluding carboxylic acids is 1. The number of benzene rings is 1. The molecule has 1 aromatic rings. The number of carbonyl (C=O) groups is 1. The van der Waals surface area contributed by atoms with Crippen molar-refractivity contribution in [3.8, 4) is 0 Å². The lowest BCUT2D eigenvalue weighted by Gasteiger charge is -2.21. The van der Waals surface area contributed by atoms with Crippen LogP contribution in [0.25, 0.3) is 0 Å². The van der Waals surface area contributed by atoms with Gasteiger partial charge in [0.05, 0.1) is 10.4 Å². The lowest BCUT2D eigenvalue weighted by Crippen LogP contribution is -2.47. The van der Waals surface area contributed by atoms with Gasteiger partial charge in [-0.05, 0) is 37.6 Å². The number of amides is 1. The number of hydrogen-bond acceptors (Lipinski definition) is 4. The largest absolute Gasteiger partial charge is 0.325 e. The first-order valence-corrected chi connectivity index (χ1v) is 7.46. The molecule has 0 bridgehead atoms. The topological polar surface area (TPSA) is 89.3 Å². The van der Waals surface area contributed by atoms with Crippen LogP contribution in [0.5, 0.6) is 0 Å². The summed E-state index contributed by atoms with van der Waals surface area (Å²) in [5, 5.41) is 2.65. The Labute approximate surface area is 107 Å². The predicted molar refractivity (Wildman–Crippen MR) is 71.1 cm³/mol. The molecule has 0 heterocycles. The first-order chi connectivity index (χ1) is 8.16. The molecule has 5 nitrogen and oxygen atoms in total. The highest BCUT2D eigenvalue weighted by Gasteiger charge is 2.25. The molecule has 18 heavy (non-hydrogen) atoms. The second-order valence-electron chi connectivity index (χ2n) is 4.52. The summed E-state index contributed by atoms with van der Waals surface area (Å²) in [6, 6.07) is 5.98. The standard InChI is InChI=1S/C12H18N2O3S/c1-4-12(2,13)11(15)14-9-5-7-10(8-6-9)18(3,16)17/h5-8H,4,13H2,1-3H3,(H,14,15). The van der Waals surface area contributed by atoms with Crippen molar-refractivity contribution in [3.05, 3.63) is 24.3 Å². The summed E-state index contributed by atoms with van der Waals surface area (Å²) >= 11 is 0. The first-order valence-electron chi connectivity index (χ1n) is 5.57. The normalized spacial score (nSPS) is 14.9. The maximum Gasteiger partial charge on any atom is 0.244 e. The Kier molecular flexibility index (Phi) is 4.13. The summed E-state index contributed by atoms with van der Waals surface area (Å²) < 4.78 is 22.5. The average Bonchev–Trinajstić information content (AvgIpc) is 2.28. The summed E-state index contributed by atoms with van der Waals surface area (Å²) in [5.41, 5.74) is 5.39. The average molecular weight is 270 g/mol. The van der Waals surface area contributed by atoms with Gasteiger partial charge in [-0.1, -0.05) is 6.92 Å². The van der Waals surface area contributed by atoms with Gasteiger partial charge in [0.25, 0.3) is 0 Å². The molecule has 0 saturated carbocycles. The molecule has 3 N–H and O–H groups in total. The Morgan fingerprint density at radius 1 is 1.33 bits per heavy atom. The van der Waals surface area contributed by atoms with E-state index in [-0.39, 0.29) is 10.8 Å². The van der Waals surface area contributed by atoms with E-state index in [0.29, 0.717) is 12.1 Å². The Balaban J connectivity index is 2.86. The second kappa shape index (κ2) is 5.07. The fourth-order valence-electron chi connectivity index (χ4n) is 1.22. The van der Waals surface area contributed by atoms with E-state index in [4.69, 9.17) is 5.73 Å². The smallest absolute Gasteiger partial charge is 0.244 e. The molecule has 1 amide bonds. The van der Waals surface area contributed by atoms with Gasteiger partial charge in [-0.2, -0.15) is 0 Å². The lowest BCUT2D eigenvalue weighted by atomic mass is 9.99. The monoisotopic (exact) mass is 270 g/mol. The minimum atomic E-state index is -3.22. The van der Waals surface area contributed by atoms with Crippen LogP contribution in [0.4, 0.5) is 5.69 Å². The molecule has 0 aliphatic rings. The van der Waals surface area contributed by atoms with Gasteiger partial charge in [0, 0.05) is 11.9 Å². The molecular weight excluding hydrogens is 252 g/mol. The number of nitrogens with one attached hydrogen (secondary N) is 1. The Morgan fingerprint density at radius 3 is 2.22 bits per heavy atom. The van der Waals surface area contributed by atoms with Crippen LogP contribution in [0.2, 0.25) is 0 Å². The van der Waals surface area contributed by atoms with E-state index in [2.05, 4.69) is 5.32 Å². The number of rotatable bonds is 4. The summed E-state index contributed by atoms with van der Waals surface area (Å²) in [6.45, 7) is 3.47. The fourth-order valence-corrected chi connectivity index (χ4v) is 1.85. The number of sulfone groups is 1. The molecule has 100 valence electrons. The fraction of sp³-hybridized carbons (Fsp3) is 0.417. The zero-order valence-corrected chi connectivity index (χ0v) is 11.5. The molecule has 0 aliphatic heterocycles. The van der Waals surface area contributed by atoms with Crippen molar-refractivity contribution < 1.29 is 13.2 Å². The molecule has 0 aliphatic carbocycles. The van der Waals surface area contributed by atoms with Crippen molar-refractivity contribution >= 4 is 21.4 Å². The van der Waals surface area contributed by atoms with Crippen molar-refractivity contribution in [1.29, 1.82) is 0 Å². The van der Waals surface area contributed by atoms with Crippen LogP contribution >= 0.6 is 0 Å². The SMILES string of the molecule is CCC(C)(N)C(=O)Nc1ccc(S(C)(=O)=O)cc1. The van der Waals surface area contributed by atoms with Crippen LogP contribution in [0.1, 0.15) is 20.3 Å². The molecule has 0 saturated heterocycles. The molecule has 0 fully saturated rings. The van der Waals surface area contributed by atoms with Crippen LogP contribution in [0, 0.1) is 0 Å². The third-order valence-corrected chi connectivity index (χ3v) is 3.92. The maximum atomic E-state index is 11.8. The molecule has 0 radical (unpaired) electrons. The predicted octanol–water partition coefficient (Wildman–Crippen LogP) is 1.16. The second-order valence-corrected chi connectivity index (χ2v) is 6.54. The van der Waals surface area contributed by atoms with Crippen LogP contribution < -0.4 is 11.1 Å². The molecule has 6 heteroatoms. The van der Waals surface area contributed by atoms with Crippen molar-refractivity contribution in [2.75, 3.05) is 11.6 Å². The third-order valence-electron chi connectivity index (χ3n) is 2.79. The Morgan fingerprint density at radius 2 is 1.83 bits per heavy atom. The van der Waals surface area contributed by atoms with Crippen LogP contribution in [-0.4, -0.2) is 26.1 Å². The van der Waals surface area contributed by atoms with Gasteiger partial charge in [0.15, 0.2) is 9.84 Å². The number of anilines is 1. The maximum absolute atomic E-state index is 11.8. The van der Waals surface area contributed by atoms with E-state index in [1.165, 1.54) is 12.1 Å². The van der Waals surface area contributed by atoms with E-state index < -0.39 is 15.4 Å². The van der Waals surface area contributed by atoms with Gasteiger partial charge >= 0.3 is 0 Å². The minimum Gasteiger partial charge on any atom is -0.325 e. The van der Waals surface area contributed by atoms with Crippen molar-refractivity contribution in [2.45, 2.75) is 30.7 Å². The highest BCUT2D eigenvalue weighted by molar-refractivity contribution is 7.90. The number of nitrogens with two attached hydrogens (primary N) is 1. The molecule has 1 aromatic carbocycles. The van der Waals surface area contributed by atoms with Crippen molar-refractivity contribution in [3.63, 3.8) is 0 Å². The van der Waals surface area contributed by atoms with E-state index in [9.17, 15) is 13.2 Å². The van der Waals surface area contributed by atoms with Gasteiger partial charge in [-0.25, -0.2) is 8.42 Å². The number of hydrogen-bond donors (Lipinski definition) is 2. The van der Waals surface area contributed by atoms with Crippen LogP contribution in [-0.2, 0) is 14.6 Å². The van der Waals surface area contributed by atoms with E-state index in [1.54, 1.807) is 19.1 Å². The zero-order chi connectivity index (χ0) is 14.0. The molecule has 1 unspecified atom stereocenters. The van der Waals surface area contributed by atoms with Gasteiger partial charge in [0.1, 0.15) is 0 Å². The van der Waals surface area contributed by atoms with E-state index >= 15 is 0 Å². The molecule has 0 aromatic heterocycles. The van der Waals surface area contributed by atoms with Crippen molar-refractivity contribution in [1.82, 2.24) is 0 Å². The Bertz CT molecular complexity index is 533. The van der Waals surface area contributed by atoms with Gasteiger partial charge in [-0.3, -0.25) is 4.79 Å². The summed E-state index contributed by atoms with van der Waals surface area (Å²) in [7, 11) is -3.22. The van der Waals surface area contributed by atoms with E-state index in [0.717, 1.165) is 6.26 Å². The van der Waals surface area contributed by atoms with E-state index in [1.807, 2.05) is 6.92 Å². The van der Waals surface area contributed by atoms with Crippen LogP contribution in [0.15, 0.2) is 29.2 Å².